The fourth-order valence-electron chi connectivity index (χ4n) is 8.40. The third-order valence-corrected chi connectivity index (χ3v) is 12.5. The van der Waals surface area contributed by atoms with E-state index < -0.39 is 59.6 Å². The van der Waals surface area contributed by atoms with E-state index in [1.54, 1.807) is 11.0 Å². The lowest BCUT2D eigenvalue weighted by Gasteiger charge is -2.36. The maximum Gasteiger partial charge on any atom is 0.434 e. The molecule has 0 bridgehead atoms. The second-order valence-corrected chi connectivity index (χ2v) is 22.0. The number of carbonyl (C=O) groups is 4. The number of ether oxygens (including phenoxy) is 4. The molecule has 31 heteroatoms. The van der Waals surface area contributed by atoms with Crippen molar-refractivity contribution in [1.82, 2.24) is 24.9 Å². The molecule has 3 amide bonds. The van der Waals surface area contributed by atoms with Crippen LogP contribution < -0.4 is 20.9 Å². The van der Waals surface area contributed by atoms with Crippen LogP contribution in [0.2, 0.25) is 10.0 Å². The molecular weight excluding hydrogens is 1160 g/mol. The van der Waals surface area contributed by atoms with Gasteiger partial charge in [0.15, 0.2) is 0 Å². The molecule has 4 aliphatic rings. The fraction of sp³-hybridized carbons (Fsp3) is 0.673. The smallest absolute Gasteiger partial charge is 0.434 e. The molecule has 2 atom stereocenters. The minimum absolute atomic E-state index is 0. The van der Waals surface area contributed by atoms with Crippen LogP contribution in [-0.2, 0) is 32.0 Å². The third kappa shape index (κ3) is 22.9. The number of carbonyl (C=O) groups excluding carboxylic acids is 4. The maximum absolute atomic E-state index is 12.6. The number of hydrogen-bond acceptors (Lipinski definition) is 13. The van der Waals surface area contributed by atoms with Gasteiger partial charge in [-0.05, 0) is 89.8 Å². The normalized spacial score (nSPS) is 18.9. The number of nitrogens with two attached hydrogens (primary N) is 1. The van der Waals surface area contributed by atoms with E-state index in [4.69, 9.17) is 38.4 Å². The third-order valence-electron chi connectivity index (χ3n) is 12.0. The molecule has 0 radical (unpaired) electrons. The van der Waals surface area contributed by atoms with Gasteiger partial charge in [-0.15, -0.1) is 0 Å². The predicted molar refractivity (Wildman–Crippen MR) is 275 cm³/mol. The molecule has 0 spiro atoms. The summed E-state index contributed by atoms with van der Waals surface area (Å²) in [4.78, 5) is 57.5. The summed E-state index contributed by atoms with van der Waals surface area (Å²) >= 11 is 16.7. The van der Waals surface area contributed by atoms with Gasteiger partial charge in [-0.2, -0.15) is 52.7 Å². The highest BCUT2D eigenvalue weighted by molar-refractivity contribution is 6.61. The second-order valence-electron chi connectivity index (χ2n) is 20.8. The molecule has 2 aromatic rings. The number of amides is 3. The van der Waals surface area contributed by atoms with Crippen LogP contribution in [0.3, 0.4) is 0 Å². The van der Waals surface area contributed by atoms with E-state index in [-0.39, 0.29) is 57.9 Å². The molecule has 0 aromatic heterocycles. The van der Waals surface area contributed by atoms with Gasteiger partial charge >= 0.3 is 48.4 Å². The topological polar surface area (TPSA) is 163 Å². The molecule has 2 aromatic carbocycles. The molecule has 3 N–H and O–H groups in total. The summed E-state index contributed by atoms with van der Waals surface area (Å²) in [6.07, 6.45) is -31.8. The lowest BCUT2D eigenvalue weighted by molar-refractivity contribution is -0.308. The Kier molecular flexibility index (Phi) is 24.7. The first-order chi connectivity index (χ1) is 36.2. The minimum atomic E-state index is -5.74. The summed E-state index contributed by atoms with van der Waals surface area (Å²) < 4.78 is 162. The Morgan fingerprint density at radius 1 is 0.575 bits per heavy atom. The van der Waals surface area contributed by atoms with Gasteiger partial charge in [0, 0.05) is 131 Å². The van der Waals surface area contributed by atoms with Crippen molar-refractivity contribution >= 4 is 69.9 Å². The van der Waals surface area contributed by atoms with E-state index in [0.29, 0.717) is 42.8 Å². The van der Waals surface area contributed by atoms with Gasteiger partial charge in [0.05, 0.1) is 6.04 Å². The lowest BCUT2D eigenvalue weighted by Crippen LogP contribution is -2.52. The number of piperazine rings is 2. The van der Waals surface area contributed by atoms with Gasteiger partial charge in [0.1, 0.15) is 11.2 Å². The number of anilines is 2. The molecule has 80 heavy (non-hydrogen) atoms. The minimum Gasteiger partial charge on any atom is -0.444 e. The SMILES string of the molecule is C.CC(C)(C)OC(=O)N[C@@H]1CCN(c2cc(Cl)ccc2CN2CCN(C(=O)OC(C)(C)C)CC2)C1.N[C@@H]1CCN(c2cc(Cl)ccc2CN2CCN(C(=O)OC(C(F)(F)F)C(F)(F)F)CC2)C1.O=C(Cl)OC(C(F)(F)F)C(F)(F)F. The van der Waals surface area contributed by atoms with Gasteiger partial charge < -0.3 is 49.6 Å². The molecule has 6 rings (SSSR count). The number of nitrogens with zero attached hydrogens (tertiary/aromatic N) is 6. The van der Waals surface area contributed by atoms with Gasteiger partial charge in [-0.1, -0.05) is 42.8 Å². The molecule has 0 saturated carbocycles. The summed E-state index contributed by atoms with van der Waals surface area (Å²) in [7, 11) is 0. The van der Waals surface area contributed by atoms with E-state index in [1.165, 1.54) is 5.56 Å². The standard InChI is InChI=1S/C25H39ClN4O4.C19H23ClF6N4O2.C4HClF6O2.CH4/c1-24(2,3)33-22(31)27-20-9-10-30(17-20)21-15-19(26)8-7-18(21)16-28-11-13-29(14-12-28)23(32)34-25(4,5)6;20-13-2-1-12(15(9-13)30-4-3-14(27)11-30)10-28-5-7-29(8-6-28)17(31)32-16(18(21,22)23)19(24,25)26;5-2(12)13-1(3(6,7)8)4(9,10)11;/h7-8,15,20H,9-14,16-17H2,1-6H3,(H,27,31);1-2,9,14,16H,3-8,10-11,27H2;1H;1H4/t20-;14-;;/m11../s1. The van der Waals surface area contributed by atoms with Crippen molar-refractivity contribution in [1.29, 1.82) is 0 Å². The van der Waals surface area contributed by atoms with Crippen LogP contribution in [0.1, 0.15) is 72.9 Å². The summed E-state index contributed by atoms with van der Waals surface area (Å²) in [6, 6.07) is 11.6. The monoisotopic (exact) mass is 1230 g/mol. The quantitative estimate of drug-likeness (QED) is 0.139. The van der Waals surface area contributed by atoms with E-state index in [1.807, 2.05) is 70.7 Å². The molecule has 4 aliphatic heterocycles. The molecular formula is C49H67Cl3F12N8O8. The Bertz CT molecular complexity index is 2330. The maximum atomic E-state index is 12.6. The number of halogens is 15. The van der Waals surface area contributed by atoms with Crippen molar-refractivity contribution in [3.05, 3.63) is 57.6 Å². The van der Waals surface area contributed by atoms with Crippen molar-refractivity contribution < 1.29 is 90.8 Å². The Hall–Kier alpha value is -4.77. The molecule has 4 saturated heterocycles. The average Bonchev–Trinajstić information content (AvgIpc) is 3.95. The fourth-order valence-corrected chi connectivity index (χ4v) is 8.82. The first-order valence-corrected chi connectivity index (χ1v) is 25.6. The summed E-state index contributed by atoms with van der Waals surface area (Å²) in [5.74, 6) is 0. The zero-order valence-corrected chi connectivity index (χ0v) is 46.1. The van der Waals surface area contributed by atoms with Crippen LogP contribution in [0.15, 0.2) is 36.4 Å². The number of benzene rings is 2. The van der Waals surface area contributed by atoms with Gasteiger partial charge in [0.25, 0.3) is 12.2 Å². The van der Waals surface area contributed by atoms with Crippen LogP contribution in [0.5, 0.6) is 0 Å². The summed E-state index contributed by atoms with van der Waals surface area (Å²) in [6.45, 7) is 18.8. The van der Waals surface area contributed by atoms with Gasteiger partial charge in [0.2, 0.25) is 0 Å². The Labute approximate surface area is 470 Å². The van der Waals surface area contributed by atoms with Crippen molar-refractivity contribution in [2.75, 3.05) is 88.3 Å². The number of alkyl halides is 12. The van der Waals surface area contributed by atoms with E-state index in [0.717, 1.165) is 67.4 Å². The molecule has 4 fully saturated rings. The highest BCUT2D eigenvalue weighted by atomic mass is 35.5. The zero-order chi connectivity index (χ0) is 59.6. The number of nitrogens with one attached hydrogen (secondary N) is 1. The summed E-state index contributed by atoms with van der Waals surface area (Å²) in [5, 5.41) is 4.25. The van der Waals surface area contributed by atoms with Crippen LogP contribution in [0, 0.1) is 0 Å². The van der Waals surface area contributed by atoms with Crippen LogP contribution in [0.4, 0.5) is 83.2 Å². The summed E-state index contributed by atoms with van der Waals surface area (Å²) in [5.41, 5.74) is 7.00. The van der Waals surface area contributed by atoms with Crippen molar-refractivity contribution in [3.63, 3.8) is 0 Å². The molecule has 0 aliphatic carbocycles. The van der Waals surface area contributed by atoms with Crippen molar-refractivity contribution in [2.45, 2.75) is 135 Å². The Balaban J connectivity index is 0.000000342. The highest BCUT2D eigenvalue weighted by Gasteiger charge is 2.61. The molecule has 16 nitrogen and oxygen atoms in total. The van der Waals surface area contributed by atoms with Crippen molar-refractivity contribution in [2.24, 2.45) is 5.73 Å². The average molecular weight is 1230 g/mol. The van der Waals surface area contributed by atoms with Crippen LogP contribution in [0.25, 0.3) is 0 Å². The van der Waals surface area contributed by atoms with Gasteiger partial charge in [-0.25, -0.2) is 19.2 Å². The number of rotatable bonds is 9. The first kappa shape index (κ1) is 69.5. The van der Waals surface area contributed by atoms with E-state index in [9.17, 15) is 71.9 Å². The van der Waals surface area contributed by atoms with Crippen LogP contribution in [-0.4, -0.2) is 182 Å². The van der Waals surface area contributed by atoms with Crippen LogP contribution >= 0.6 is 34.8 Å². The van der Waals surface area contributed by atoms with E-state index in [2.05, 4.69) is 47.2 Å². The molecule has 456 valence electrons. The second kappa shape index (κ2) is 28.5. The highest BCUT2D eigenvalue weighted by Crippen LogP contribution is 2.38. The largest absolute Gasteiger partial charge is 0.444 e. The Morgan fingerprint density at radius 2 is 0.963 bits per heavy atom. The van der Waals surface area contributed by atoms with Gasteiger partial charge in [-0.3, -0.25) is 9.80 Å². The van der Waals surface area contributed by atoms with Crippen molar-refractivity contribution in [3.8, 4) is 0 Å². The lowest BCUT2D eigenvalue weighted by atomic mass is 10.1. The zero-order valence-electron chi connectivity index (χ0n) is 43.8. The van der Waals surface area contributed by atoms with E-state index >= 15 is 0 Å². The number of alkyl carbamates (subject to hydrolysis) is 1. The molecule has 4 heterocycles. The number of hydrogen-bond donors (Lipinski definition) is 2. The Morgan fingerprint density at radius 3 is 1.32 bits per heavy atom. The predicted octanol–water partition coefficient (Wildman–Crippen LogP) is 11.6. The molecule has 0 unspecified atom stereocenters. The first-order valence-electron chi connectivity index (χ1n) is 24.5.